The van der Waals surface area contributed by atoms with Gasteiger partial charge in [0.15, 0.2) is 5.76 Å². The second-order valence-corrected chi connectivity index (χ2v) is 6.82. The molecule has 7 heteroatoms. The number of hydrogen-bond donors (Lipinski definition) is 0. The van der Waals surface area contributed by atoms with Crippen LogP contribution in [0.2, 0.25) is 0 Å². The summed E-state index contributed by atoms with van der Waals surface area (Å²) in [6.45, 7) is 1.77. The van der Waals surface area contributed by atoms with E-state index in [0.717, 1.165) is 5.56 Å². The molecule has 31 heavy (non-hydrogen) atoms. The van der Waals surface area contributed by atoms with Gasteiger partial charge >= 0.3 is 5.97 Å². The quantitative estimate of drug-likeness (QED) is 0.349. The molecule has 3 aromatic rings. The average molecular weight is 417 g/mol. The molecule has 1 aromatic heterocycles. The van der Waals surface area contributed by atoms with Crippen LogP contribution in [-0.4, -0.2) is 31.0 Å². The first-order valence-electron chi connectivity index (χ1n) is 9.42. The Morgan fingerprint density at radius 1 is 0.968 bits per heavy atom. The number of benzene rings is 2. The summed E-state index contributed by atoms with van der Waals surface area (Å²) in [5.41, 5.74) is 2.15. The van der Waals surface area contributed by atoms with Gasteiger partial charge in [-0.05, 0) is 54.5 Å². The molecule has 0 radical (unpaired) electrons. The van der Waals surface area contributed by atoms with Gasteiger partial charge in [-0.1, -0.05) is 0 Å². The maximum Gasteiger partial charge on any atom is 0.343 e. The zero-order valence-corrected chi connectivity index (χ0v) is 17.2. The number of carbonyl (C=O) groups is 2. The van der Waals surface area contributed by atoms with E-state index in [-0.39, 0.29) is 22.9 Å². The van der Waals surface area contributed by atoms with E-state index >= 15 is 0 Å². The zero-order chi connectivity index (χ0) is 22.0. The number of carbonyl (C=O) groups excluding carboxylic acids is 2. The number of hydrogen-bond acceptors (Lipinski definition) is 7. The largest absolute Gasteiger partial charge is 0.497 e. The van der Waals surface area contributed by atoms with Crippen LogP contribution >= 0.6 is 0 Å². The third-order valence-corrected chi connectivity index (χ3v) is 4.75. The van der Waals surface area contributed by atoms with Crippen molar-refractivity contribution in [1.82, 2.24) is 4.98 Å². The van der Waals surface area contributed by atoms with Gasteiger partial charge in [0.05, 0.1) is 25.3 Å². The standard InChI is InChI=1S/C24H19NO6/c1-14-8-19(30-24(27)16-10-17(28-2)12-18(11-16)29-3)13-20-22(14)23(26)21(31-20)9-15-4-6-25-7-5-15/h4-13H,1-3H3. The molecule has 0 saturated carbocycles. The van der Waals surface area contributed by atoms with E-state index in [1.54, 1.807) is 61.8 Å². The topological polar surface area (TPSA) is 84.0 Å². The fraction of sp³-hybridized carbons (Fsp3) is 0.125. The summed E-state index contributed by atoms with van der Waals surface area (Å²) in [5.74, 6) is 0.934. The molecule has 1 aliphatic rings. The highest BCUT2D eigenvalue weighted by Gasteiger charge is 2.30. The van der Waals surface area contributed by atoms with Crippen LogP contribution < -0.4 is 18.9 Å². The Balaban J connectivity index is 1.60. The first-order chi connectivity index (χ1) is 15.0. The van der Waals surface area contributed by atoms with E-state index in [1.807, 2.05) is 0 Å². The Kier molecular flexibility index (Phi) is 5.41. The molecule has 2 heterocycles. The lowest BCUT2D eigenvalue weighted by atomic mass is 10.0. The van der Waals surface area contributed by atoms with E-state index in [4.69, 9.17) is 18.9 Å². The summed E-state index contributed by atoms with van der Waals surface area (Å²) >= 11 is 0. The van der Waals surface area contributed by atoms with Gasteiger partial charge in [-0.3, -0.25) is 9.78 Å². The minimum absolute atomic E-state index is 0.199. The first-order valence-corrected chi connectivity index (χ1v) is 9.42. The zero-order valence-electron chi connectivity index (χ0n) is 17.2. The summed E-state index contributed by atoms with van der Waals surface area (Å²) in [5, 5.41) is 0. The summed E-state index contributed by atoms with van der Waals surface area (Å²) in [4.78, 5) is 29.4. The monoisotopic (exact) mass is 417 g/mol. The number of esters is 1. The Morgan fingerprint density at radius 3 is 2.29 bits per heavy atom. The SMILES string of the molecule is COc1cc(OC)cc(C(=O)Oc2cc(C)c3c(c2)OC(=Cc2ccncc2)C3=O)c1. The van der Waals surface area contributed by atoms with Crippen molar-refractivity contribution in [2.45, 2.75) is 6.92 Å². The van der Waals surface area contributed by atoms with E-state index in [1.165, 1.54) is 20.3 Å². The summed E-state index contributed by atoms with van der Waals surface area (Å²) < 4.78 is 21.7. The maximum atomic E-state index is 12.8. The molecule has 156 valence electrons. The third-order valence-electron chi connectivity index (χ3n) is 4.75. The predicted molar refractivity (Wildman–Crippen MR) is 113 cm³/mol. The van der Waals surface area contributed by atoms with Crippen LogP contribution in [0, 0.1) is 6.92 Å². The number of nitrogens with zero attached hydrogens (tertiary/aromatic N) is 1. The Morgan fingerprint density at radius 2 is 1.65 bits per heavy atom. The lowest BCUT2D eigenvalue weighted by Crippen LogP contribution is -2.09. The minimum atomic E-state index is -0.589. The van der Waals surface area contributed by atoms with Crippen LogP contribution in [-0.2, 0) is 0 Å². The number of pyridine rings is 1. The Hall–Kier alpha value is -4.13. The van der Waals surface area contributed by atoms with Crippen molar-refractivity contribution in [3.63, 3.8) is 0 Å². The van der Waals surface area contributed by atoms with Gasteiger partial charge in [-0.25, -0.2) is 4.79 Å². The molecule has 0 unspecified atom stereocenters. The number of Topliss-reactive ketones (excluding diaryl/α,β-unsaturated/α-hetero) is 1. The Labute approximate surface area is 178 Å². The molecule has 1 aliphatic heterocycles. The molecule has 0 fully saturated rings. The number of rotatable bonds is 5. The Bertz CT molecular complexity index is 1180. The predicted octanol–water partition coefficient (Wildman–Crippen LogP) is 4.24. The van der Waals surface area contributed by atoms with Gasteiger partial charge in [0.2, 0.25) is 5.78 Å². The van der Waals surface area contributed by atoms with Crippen LogP contribution in [0.1, 0.15) is 31.8 Å². The molecule has 0 bridgehead atoms. The summed E-state index contributed by atoms with van der Waals surface area (Å²) in [6, 6.07) is 11.5. The van der Waals surface area contributed by atoms with Crippen molar-refractivity contribution in [3.05, 3.63) is 82.9 Å². The van der Waals surface area contributed by atoms with Gasteiger partial charge in [-0.2, -0.15) is 0 Å². The lowest BCUT2D eigenvalue weighted by molar-refractivity contribution is 0.0733. The van der Waals surface area contributed by atoms with E-state index < -0.39 is 5.97 Å². The lowest BCUT2D eigenvalue weighted by Gasteiger charge is -2.10. The molecule has 0 N–H and O–H groups in total. The minimum Gasteiger partial charge on any atom is -0.497 e. The number of methoxy groups -OCH3 is 2. The molecule has 4 rings (SSSR count). The molecule has 7 nitrogen and oxygen atoms in total. The van der Waals surface area contributed by atoms with Crippen molar-refractivity contribution < 1.29 is 28.5 Å². The highest BCUT2D eigenvalue weighted by Crippen LogP contribution is 2.38. The van der Waals surface area contributed by atoms with Crippen LogP contribution in [0.25, 0.3) is 6.08 Å². The second kappa shape index (κ2) is 8.31. The van der Waals surface area contributed by atoms with Gasteiger partial charge in [0.25, 0.3) is 0 Å². The maximum absolute atomic E-state index is 12.8. The number of ether oxygens (including phenoxy) is 4. The van der Waals surface area contributed by atoms with Crippen LogP contribution in [0.5, 0.6) is 23.0 Å². The fourth-order valence-electron chi connectivity index (χ4n) is 3.24. The number of ketones is 1. The van der Waals surface area contributed by atoms with Crippen LogP contribution in [0.3, 0.4) is 0 Å². The van der Waals surface area contributed by atoms with Crippen molar-refractivity contribution in [2.75, 3.05) is 14.2 Å². The van der Waals surface area contributed by atoms with E-state index in [0.29, 0.717) is 28.4 Å². The molecule has 0 saturated heterocycles. The van der Waals surface area contributed by atoms with Gasteiger partial charge in [-0.15, -0.1) is 0 Å². The van der Waals surface area contributed by atoms with Crippen molar-refractivity contribution >= 4 is 17.8 Å². The summed E-state index contributed by atoms with van der Waals surface area (Å²) in [7, 11) is 3.00. The van der Waals surface area contributed by atoms with Crippen LogP contribution in [0.4, 0.5) is 0 Å². The van der Waals surface area contributed by atoms with Crippen molar-refractivity contribution in [1.29, 1.82) is 0 Å². The average Bonchev–Trinajstić information content (AvgIpc) is 3.09. The molecular formula is C24H19NO6. The number of fused-ring (bicyclic) bond motifs is 1. The highest BCUT2D eigenvalue weighted by molar-refractivity contribution is 6.15. The first kappa shape index (κ1) is 20.2. The number of aromatic nitrogens is 1. The summed E-state index contributed by atoms with van der Waals surface area (Å²) in [6.07, 6.45) is 4.92. The van der Waals surface area contributed by atoms with Crippen LogP contribution in [0.15, 0.2) is 60.6 Å². The van der Waals surface area contributed by atoms with Gasteiger partial charge in [0, 0.05) is 24.5 Å². The molecule has 2 aromatic carbocycles. The normalized spacial score (nSPS) is 13.5. The van der Waals surface area contributed by atoms with E-state index in [9.17, 15) is 9.59 Å². The van der Waals surface area contributed by atoms with Crippen molar-refractivity contribution in [3.8, 4) is 23.0 Å². The van der Waals surface area contributed by atoms with Gasteiger partial charge in [0.1, 0.15) is 23.0 Å². The number of aryl methyl sites for hydroxylation is 1. The van der Waals surface area contributed by atoms with Gasteiger partial charge < -0.3 is 18.9 Å². The molecule has 0 spiro atoms. The second-order valence-electron chi connectivity index (χ2n) is 6.82. The molecular weight excluding hydrogens is 398 g/mol. The highest BCUT2D eigenvalue weighted by atomic mass is 16.5. The third kappa shape index (κ3) is 4.11. The van der Waals surface area contributed by atoms with E-state index in [2.05, 4.69) is 4.98 Å². The fourth-order valence-corrected chi connectivity index (χ4v) is 3.24. The van der Waals surface area contributed by atoms with Crippen molar-refractivity contribution in [2.24, 2.45) is 0 Å². The smallest absolute Gasteiger partial charge is 0.343 e. The molecule has 0 atom stereocenters. The molecule has 0 aliphatic carbocycles. The number of allylic oxidation sites excluding steroid dienone is 1. The molecule has 0 amide bonds.